The van der Waals surface area contributed by atoms with Gasteiger partial charge in [-0.2, -0.15) is 0 Å². The number of nitrogens with two attached hydrogens (primary N) is 1. The summed E-state index contributed by atoms with van der Waals surface area (Å²) < 4.78 is 0. The Hall–Kier alpha value is -0.620. The molecular formula is C11H18ClN3OS. The number of rotatable bonds is 4. The Labute approximate surface area is 112 Å². The van der Waals surface area contributed by atoms with Gasteiger partial charge in [0.15, 0.2) is 0 Å². The molecule has 0 radical (unpaired) electrons. The minimum absolute atomic E-state index is 0. The summed E-state index contributed by atoms with van der Waals surface area (Å²) in [4.78, 5) is 14.9. The number of hydrogen-bond acceptors (Lipinski definition) is 4. The predicted octanol–water partition coefficient (Wildman–Crippen LogP) is 0.819. The van der Waals surface area contributed by atoms with Crippen molar-refractivity contribution < 1.29 is 4.79 Å². The van der Waals surface area contributed by atoms with Crippen LogP contribution in [0.15, 0.2) is 17.5 Å². The van der Waals surface area contributed by atoms with Crippen LogP contribution in [0.3, 0.4) is 0 Å². The van der Waals surface area contributed by atoms with E-state index in [1.54, 1.807) is 11.3 Å². The van der Waals surface area contributed by atoms with E-state index in [4.69, 9.17) is 5.73 Å². The first-order valence-electron chi connectivity index (χ1n) is 5.51. The molecule has 3 N–H and O–H groups in total. The highest BCUT2D eigenvalue weighted by Crippen LogP contribution is 2.08. The van der Waals surface area contributed by atoms with Crippen LogP contribution in [0.25, 0.3) is 0 Å². The van der Waals surface area contributed by atoms with Gasteiger partial charge in [-0.1, -0.05) is 6.07 Å². The molecule has 0 bridgehead atoms. The lowest BCUT2D eigenvalue weighted by molar-refractivity contribution is -0.122. The number of nitrogens with one attached hydrogen (secondary N) is 1. The van der Waals surface area contributed by atoms with E-state index in [-0.39, 0.29) is 24.4 Å². The third-order valence-corrected chi connectivity index (χ3v) is 3.59. The topological polar surface area (TPSA) is 58.4 Å². The lowest BCUT2D eigenvalue weighted by Crippen LogP contribution is -2.36. The first-order chi connectivity index (χ1) is 7.74. The molecule has 17 heavy (non-hydrogen) atoms. The molecule has 1 amide bonds. The molecule has 2 heterocycles. The standard InChI is InChI=1S/C11H17N3OS.ClH/c12-9-3-4-14(7-9)8-11(15)13-6-10-2-1-5-16-10;/h1-2,5,9H,3-4,6-8,12H2,(H,13,15);1H. The zero-order chi connectivity index (χ0) is 11.4. The van der Waals surface area contributed by atoms with Gasteiger partial charge in [0.25, 0.3) is 0 Å². The lowest BCUT2D eigenvalue weighted by Gasteiger charge is -2.14. The number of nitrogens with zero attached hydrogens (tertiary/aromatic N) is 1. The van der Waals surface area contributed by atoms with E-state index < -0.39 is 0 Å². The van der Waals surface area contributed by atoms with E-state index >= 15 is 0 Å². The second-order valence-corrected chi connectivity index (χ2v) is 5.17. The maximum absolute atomic E-state index is 11.6. The lowest BCUT2D eigenvalue weighted by atomic mass is 10.3. The van der Waals surface area contributed by atoms with Gasteiger partial charge < -0.3 is 11.1 Å². The van der Waals surface area contributed by atoms with E-state index in [0.717, 1.165) is 19.5 Å². The van der Waals surface area contributed by atoms with Gasteiger partial charge in [-0.25, -0.2) is 0 Å². The fourth-order valence-corrected chi connectivity index (χ4v) is 2.51. The van der Waals surface area contributed by atoms with Crippen molar-refractivity contribution in [1.29, 1.82) is 0 Å². The van der Waals surface area contributed by atoms with Gasteiger partial charge >= 0.3 is 0 Å². The Morgan fingerprint density at radius 1 is 1.65 bits per heavy atom. The summed E-state index contributed by atoms with van der Waals surface area (Å²) in [5, 5.41) is 4.93. The van der Waals surface area contributed by atoms with Gasteiger partial charge in [-0.15, -0.1) is 23.7 Å². The number of thiophene rings is 1. The van der Waals surface area contributed by atoms with Crippen molar-refractivity contribution in [1.82, 2.24) is 10.2 Å². The first kappa shape index (κ1) is 14.4. The molecule has 1 saturated heterocycles. The molecule has 1 aromatic rings. The molecule has 1 fully saturated rings. The predicted molar refractivity (Wildman–Crippen MR) is 72.4 cm³/mol. The number of amides is 1. The van der Waals surface area contributed by atoms with Crippen LogP contribution in [0.5, 0.6) is 0 Å². The average molecular weight is 276 g/mol. The van der Waals surface area contributed by atoms with Crippen LogP contribution in [0.1, 0.15) is 11.3 Å². The normalized spacial score (nSPS) is 19.9. The van der Waals surface area contributed by atoms with Crippen LogP contribution in [0.4, 0.5) is 0 Å². The van der Waals surface area contributed by atoms with Gasteiger partial charge in [-0.3, -0.25) is 9.69 Å². The van der Waals surface area contributed by atoms with Crippen LogP contribution >= 0.6 is 23.7 Å². The van der Waals surface area contributed by atoms with Crippen molar-refractivity contribution in [2.45, 2.75) is 19.0 Å². The number of halogens is 1. The van der Waals surface area contributed by atoms with Crippen LogP contribution in [-0.4, -0.2) is 36.5 Å². The van der Waals surface area contributed by atoms with Gasteiger partial charge in [0.05, 0.1) is 13.1 Å². The highest BCUT2D eigenvalue weighted by Gasteiger charge is 2.20. The summed E-state index contributed by atoms with van der Waals surface area (Å²) in [7, 11) is 0. The van der Waals surface area contributed by atoms with E-state index in [0.29, 0.717) is 13.1 Å². The number of carbonyl (C=O) groups excluding carboxylic acids is 1. The molecule has 0 aliphatic carbocycles. The van der Waals surface area contributed by atoms with Crippen LogP contribution in [0.2, 0.25) is 0 Å². The second kappa shape index (κ2) is 6.96. The minimum Gasteiger partial charge on any atom is -0.350 e. The summed E-state index contributed by atoms with van der Waals surface area (Å²) in [5.74, 6) is 0.0856. The van der Waals surface area contributed by atoms with Crippen molar-refractivity contribution in [3.63, 3.8) is 0 Å². The Kier molecular flexibility index (Phi) is 5.91. The minimum atomic E-state index is 0. The molecule has 6 heteroatoms. The Morgan fingerprint density at radius 3 is 3.06 bits per heavy atom. The van der Waals surface area contributed by atoms with Gasteiger partial charge in [0.1, 0.15) is 0 Å². The molecule has 0 spiro atoms. The fraction of sp³-hybridized carbons (Fsp3) is 0.545. The molecule has 96 valence electrons. The van der Waals surface area contributed by atoms with E-state index in [9.17, 15) is 4.79 Å². The number of hydrogen-bond donors (Lipinski definition) is 2. The molecule has 1 unspecified atom stereocenters. The van der Waals surface area contributed by atoms with Crippen molar-refractivity contribution in [3.8, 4) is 0 Å². The second-order valence-electron chi connectivity index (χ2n) is 4.14. The van der Waals surface area contributed by atoms with Crippen molar-refractivity contribution in [3.05, 3.63) is 22.4 Å². The van der Waals surface area contributed by atoms with Gasteiger partial charge in [-0.05, 0) is 17.9 Å². The van der Waals surface area contributed by atoms with Gasteiger partial charge in [0.2, 0.25) is 5.91 Å². The van der Waals surface area contributed by atoms with Crippen LogP contribution in [-0.2, 0) is 11.3 Å². The third kappa shape index (κ3) is 4.63. The molecule has 2 rings (SSSR count). The molecule has 0 aromatic carbocycles. The molecule has 1 atom stereocenters. The number of likely N-dealkylation sites (tertiary alicyclic amines) is 1. The Bertz CT molecular complexity index is 344. The molecule has 4 nitrogen and oxygen atoms in total. The third-order valence-electron chi connectivity index (χ3n) is 2.72. The van der Waals surface area contributed by atoms with Crippen molar-refractivity contribution in [2.75, 3.05) is 19.6 Å². The smallest absolute Gasteiger partial charge is 0.234 e. The van der Waals surface area contributed by atoms with Crippen molar-refractivity contribution in [2.24, 2.45) is 5.73 Å². The van der Waals surface area contributed by atoms with E-state index in [1.165, 1.54) is 4.88 Å². The van der Waals surface area contributed by atoms with Gasteiger partial charge in [0, 0.05) is 24.0 Å². The maximum atomic E-state index is 11.6. The molecule has 1 aromatic heterocycles. The maximum Gasteiger partial charge on any atom is 0.234 e. The first-order valence-corrected chi connectivity index (χ1v) is 6.39. The highest BCUT2D eigenvalue weighted by atomic mass is 35.5. The summed E-state index contributed by atoms with van der Waals surface area (Å²) >= 11 is 1.66. The van der Waals surface area contributed by atoms with Crippen LogP contribution in [0, 0.1) is 0 Å². The van der Waals surface area contributed by atoms with E-state index in [2.05, 4.69) is 10.2 Å². The Morgan fingerprint density at radius 2 is 2.47 bits per heavy atom. The number of carbonyl (C=O) groups is 1. The summed E-state index contributed by atoms with van der Waals surface area (Å²) in [5.41, 5.74) is 5.78. The Balaban J connectivity index is 0.00000144. The highest BCUT2D eigenvalue weighted by molar-refractivity contribution is 7.09. The zero-order valence-electron chi connectivity index (χ0n) is 9.59. The summed E-state index contributed by atoms with van der Waals surface area (Å²) in [6.45, 7) is 2.88. The zero-order valence-corrected chi connectivity index (χ0v) is 11.2. The average Bonchev–Trinajstić information content (AvgIpc) is 2.87. The largest absolute Gasteiger partial charge is 0.350 e. The van der Waals surface area contributed by atoms with Crippen LogP contribution < -0.4 is 11.1 Å². The van der Waals surface area contributed by atoms with E-state index in [1.807, 2.05) is 17.5 Å². The summed E-state index contributed by atoms with van der Waals surface area (Å²) in [6, 6.07) is 4.26. The molecule has 1 aliphatic heterocycles. The van der Waals surface area contributed by atoms with Crippen molar-refractivity contribution >= 4 is 29.7 Å². The monoisotopic (exact) mass is 275 g/mol. The molecule has 0 saturated carbocycles. The fourth-order valence-electron chi connectivity index (χ4n) is 1.86. The SMILES string of the molecule is Cl.NC1CCN(CC(=O)NCc2cccs2)C1. The quantitative estimate of drug-likeness (QED) is 0.855. The molecular weight excluding hydrogens is 258 g/mol. The molecule has 1 aliphatic rings. The summed E-state index contributed by atoms with van der Waals surface area (Å²) in [6.07, 6.45) is 0.998.